The van der Waals surface area contributed by atoms with E-state index in [2.05, 4.69) is 0 Å². The molecule has 1 aliphatic heterocycles. The summed E-state index contributed by atoms with van der Waals surface area (Å²) in [6.07, 6.45) is 1.92. The van der Waals surface area contributed by atoms with E-state index in [-0.39, 0.29) is 17.4 Å². The van der Waals surface area contributed by atoms with Gasteiger partial charge in [-0.05, 0) is 37.5 Å². The van der Waals surface area contributed by atoms with Gasteiger partial charge in [0.15, 0.2) is 6.29 Å². The minimum atomic E-state index is -0.186. The Morgan fingerprint density at radius 3 is 2.50 bits per heavy atom. The molecule has 1 aliphatic rings. The van der Waals surface area contributed by atoms with Crippen molar-refractivity contribution in [3.8, 4) is 23.0 Å². The highest BCUT2D eigenvalue weighted by Gasteiger charge is 2.30. The number of ether oxygens (including phenoxy) is 3. The van der Waals surface area contributed by atoms with Crippen LogP contribution >= 0.6 is 0 Å². The molecular weight excluding hydrogens is 308 g/mol. The fraction of sp³-hybridized carbons (Fsp3) is 0.316. The van der Waals surface area contributed by atoms with Gasteiger partial charge >= 0.3 is 0 Å². The van der Waals surface area contributed by atoms with Gasteiger partial charge in [-0.1, -0.05) is 12.1 Å². The minimum Gasteiger partial charge on any atom is -0.507 e. The molecule has 2 aromatic carbocycles. The van der Waals surface area contributed by atoms with Gasteiger partial charge < -0.3 is 19.3 Å². The molecule has 0 radical (unpaired) electrons. The first-order valence-electron chi connectivity index (χ1n) is 7.78. The molecule has 5 heteroatoms. The van der Waals surface area contributed by atoms with Crippen LogP contribution in [0.25, 0.3) is 0 Å². The molecule has 0 fully saturated rings. The summed E-state index contributed by atoms with van der Waals surface area (Å²) in [5.74, 6) is 1.69. The second-order valence-corrected chi connectivity index (χ2v) is 5.76. The van der Waals surface area contributed by atoms with E-state index in [0.717, 1.165) is 23.3 Å². The Bertz CT molecular complexity index is 765. The molecule has 0 amide bonds. The third-order valence-corrected chi connectivity index (χ3v) is 4.47. The second-order valence-electron chi connectivity index (χ2n) is 5.76. The van der Waals surface area contributed by atoms with Crippen molar-refractivity contribution in [2.24, 2.45) is 0 Å². The highest BCUT2D eigenvalue weighted by molar-refractivity contribution is 5.87. The zero-order chi connectivity index (χ0) is 17.3. The lowest BCUT2D eigenvalue weighted by Crippen LogP contribution is -2.18. The number of carbonyl (C=O) groups excluding carboxylic acids is 1. The van der Waals surface area contributed by atoms with E-state index >= 15 is 0 Å². The number of phenols is 1. The standard InChI is InChI=1S/C19H20O5/c1-11-17(21)15(10-20)19-14(18(11)23-3)8-9-16(24-19)12-4-6-13(22-2)7-5-12/h4-7,10,16,21H,8-9H2,1-3H3. The molecule has 5 nitrogen and oxygen atoms in total. The number of aromatic hydroxyl groups is 1. The molecule has 1 N–H and O–H groups in total. The van der Waals surface area contributed by atoms with Crippen LogP contribution in [0.4, 0.5) is 0 Å². The summed E-state index contributed by atoms with van der Waals surface area (Å²) in [5, 5.41) is 10.3. The average molecular weight is 328 g/mol. The van der Waals surface area contributed by atoms with Gasteiger partial charge in [0, 0.05) is 11.1 Å². The van der Waals surface area contributed by atoms with Crippen molar-refractivity contribution in [3.63, 3.8) is 0 Å². The fourth-order valence-corrected chi connectivity index (χ4v) is 3.19. The summed E-state index contributed by atoms with van der Waals surface area (Å²) in [6.45, 7) is 1.73. The summed E-state index contributed by atoms with van der Waals surface area (Å²) < 4.78 is 16.7. The number of hydrogen-bond donors (Lipinski definition) is 1. The van der Waals surface area contributed by atoms with Crippen LogP contribution in [0.15, 0.2) is 24.3 Å². The zero-order valence-corrected chi connectivity index (χ0v) is 14.0. The Morgan fingerprint density at radius 1 is 1.21 bits per heavy atom. The molecule has 2 aromatic rings. The third kappa shape index (κ3) is 2.56. The van der Waals surface area contributed by atoms with E-state index in [4.69, 9.17) is 14.2 Å². The molecule has 24 heavy (non-hydrogen) atoms. The van der Waals surface area contributed by atoms with Crippen LogP contribution in [-0.2, 0) is 6.42 Å². The SMILES string of the molecule is COc1ccc(C2CCc3c(OC)c(C)c(O)c(C=O)c3O2)cc1. The van der Waals surface area contributed by atoms with Gasteiger partial charge in [0.05, 0.1) is 19.8 Å². The summed E-state index contributed by atoms with van der Waals surface area (Å²) in [4.78, 5) is 11.5. The summed E-state index contributed by atoms with van der Waals surface area (Å²) >= 11 is 0. The molecule has 0 saturated heterocycles. The molecule has 0 bridgehead atoms. The van der Waals surface area contributed by atoms with E-state index in [9.17, 15) is 9.90 Å². The quantitative estimate of drug-likeness (QED) is 0.869. The number of hydrogen-bond acceptors (Lipinski definition) is 5. The Morgan fingerprint density at radius 2 is 1.92 bits per heavy atom. The zero-order valence-electron chi connectivity index (χ0n) is 14.0. The van der Waals surface area contributed by atoms with Crippen LogP contribution in [-0.4, -0.2) is 25.6 Å². The van der Waals surface area contributed by atoms with Gasteiger partial charge in [0.2, 0.25) is 0 Å². The minimum absolute atomic E-state index is 0.0871. The van der Waals surface area contributed by atoms with Crippen LogP contribution in [0, 0.1) is 6.92 Å². The first kappa shape index (κ1) is 16.2. The maximum atomic E-state index is 11.5. The van der Waals surface area contributed by atoms with Crippen LogP contribution in [0.1, 0.15) is 39.6 Å². The van der Waals surface area contributed by atoms with E-state index in [1.807, 2.05) is 24.3 Å². The van der Waals surface area contributed by atoms with Crippen molar-refractivity contribution in [2.75, 3.05) is 14.2 Å². The van der Waals surface area contributed by atoms with E-state index in [0.29, 0.717) is 29.8 Å². The van der Waals surface area contributed by atoms with Crippen LogP contribution in [0.5, 0.6) is 23.0 Å². The molecule has 1 atom stereocenters. The third-order valence-electron chi connectivity index (χ3n) is 4.47. The maximum Gasteiger partial charge on any atom is 0.157 e. The summed E-state index contributed by atoms with van der Waals surface area (Å²) in [7, 11) is 3.17. The Kier molecular flexibility index (Phi) is 4.34. The first-order chi connectivity index (χ1) is 11.6. The van der Waals surface area contributed by atoms with Crippen molar-refractivity contribution < 1.29 is 24.1 Å². The van der Waals surface area contributed by atoms with E-state index in [1.54, 1.807) is 21.1 Å². The number of rotatable bonds is 4. The number of phenolic OH excluding ortho intramolecular Hbond substituents is 1. The average Bonchev–Trinajstić information content (AvgIpc) is 2.63. The van der Waals surface area contributed by atoms with Gasteiger partial charge in [0.25, 0.3) is 0 Å². The monoisotopic (exact) mass is 328 g/mol. The molecule has 126 valence electrons. The topological polar surface area (TPSA) is 65.0 Å². The second kappa shape index (κ2) is 6.43. The largest absolute Gasteiger partial charge is 0.507 e. The predicted octanol–water partition coefficient (Wildman–Crippen LogP) is 3.60. The molecule has 1 heterocycles. The Hall–Kier alpha value is -2.69. The maximum absolute atomic E-state index is 11.5. The number of benzene rings is 2. The molecule has 0 aromatic heterocycles. The molecule has 0 spiro atoms. The highest BCUT2D eigenvalue weighted by atomic mass is 16.5. The fourth-order valence-electron chi connectivity index (χ4n) is 3.19. The van der Waals surface area contributed by atoms with Crippen molar-refractivity contribution in [1.82, 2.24) is 0 Å². The normalized spacial score (nSPS) is 16.0. The molecule has 3 rings (SSSR count). The summed E-state index contributed by atoms with van der Waals surface area (Å²) in [5.41, 5.74) is 2.57. The number of carbonyl (C=O) groups is 1. The Balaban J connectivity index is 2.03. The molecule has 0 saturated carbocycles. The Labute approximate surface area is 140 Å². The number of fused-ring (bicyclic) bond motifs is 1. The predicted molar refractivity (Wildman–Crippen MR) is 89.5 cm³/mol. The van der Waals surface area contributed by atoms with Crippen molar-refractivity contribution in [1.29, 1.82) is 0 Å². The lowest BCUT2D eigenvalue weighted by molar-refractivity contribution is 0.110. The number of methoxy groups -OCH3 is 2. The van der Waals surface area contributed by atoms with Crippen molar-refractivity contribution in [3.05, 3.63) is 46.5 Å². The highest BCUT2D eigenvalue weighted by Crippen LogP contribution is 2.47. The van der Waals surface area contributed by atoms with Crippen molar-refractivity contribution >= 4 is 6.29 Å². The van der Waals surface area contributed by atoms with E-state index < -0.39 is 0 Å². The van der Waals surface area contributed by atoms with E-state index in [1.165, 1.54) is 0 Å². The van der Waals surface area contributed by atoms with Gasteiger partial charge in [-0.3, -0.25) is 4.79 Å². The van der Waals surface area contributed by atoms with Gasteiger partial charge in [-0.2, -0.15) is 0 Å². The first-order valence-corrected chi connectivity index (χ1v) is 7.78. The molecule has 1 unspecified atom stereocenters. The number of aldehydes is 1. The smallest absolute Gasteiger partial charge is 0.157 e. The van der Waals surface area contributed by atoms with Crippen LogP contribution in [0.2, 0.25) is 0 Å². The lowest BCUT2D eigenvalue weighted by Gasteiger charge is -2.29. The lowest BCUT2D eigenvalue weighted by atomic mass is 9.92. The molecule has 0 aliphatic carbocycles. The van der Waals surface area contributed by atoms with Crippen LogP contribution < -0.4 is 14.2 Å². The van der Waals surface area contributed by atoms with Gasteiger partial charge in [-0.25, -0.2) is 0 Å². The molecular formula is C19H20O5. The summed E-state index contributed by atoms with van der Waals surface area (Å²) in [6, 6.07) is 7.64. The van der Waals surface area contributed by atoms with Crippen molar-refractivity contribution in [2.45, 2.75) is 25.9 Å². The van der Waals surface area contributed by atoms with Gasteiger partial charge in [0.1, 0.15) is 29.1 Å². The van der Waals surface area contributed by atoms with Crippen LogP contribution in [0.3, 0.4) is 0 Å². The van der Waals surface area contributed by atoms with Gasteiger partial charge in [-0.15, -0.1) is 0 Å².